The van der Waals surface area contributed by atoms with Gasteiger partial charge in [0.25, 0.3) is 0 Å². The molecule has 1 unspecified atom stereocenters. The Balaban J connectivity index is 0.00000676. The Bertz CT molecular complexity index is 573. The molecule has 1 atom stereocenters. The zero-order valence-corrected chi connectivity index (χ0v) is 20.0. The van der Waals surface area contributed by atoms with Gasteiger partial charge in [-0.2, -0.15) is 0 Å². The molecule has 0 amide bonds. The standard InChI is InChI=1S/C20H35FN4O.HI/c1-14(2)25(15(3)4)12-8-11-23-20(22-6)24-16(5)17-9-10-19(26-7)18(21)13-17;/h9-10,13-16H,8,11-12H2,1-7H3,(H2,22,23,24);1H. The van der Waals surface area contributed by atoms with Crippen LogP contribution in [0, 0.1) is 5.82 Å². The molecule has 0 aliphatic rings. The summed E-state index contributed by atoms with van der Waals surface area (Å²) in [7, 11) is 3.20. The third-order valence-corrected chi connectivity index (χ3v) is 4.46. The van der Waals surface area contributed by atoms with Crippen LogP contribution in [0.4, 0.5) is 4.39 Å². The average Bonchev–Trinajstić information content (AvgIpc) is 2.59. The topological polar surface area (TPSA) is 48.9 Å². The lowest BCUT2D eigenvalue weighted by atomic mass is 10.1. The summed E-state index contributed by atoms with van der Waals surface area (Å²) in [6.45, 7) is 12.8. The van der Waals surface area contributed by atoms with E-state index in [9.17, 15) is 4.39 Å². The van der Waals surface area contributed by atoms with Gasteiger partial charge in [0.05, 0.1) is 13.2 Å². The van der Waals surface area contributed by atoms with Gasteiger partial charge >= 0.3 is 0 Å². The highest BCUT2D eigenvalue weighted by Crippen LogP contribution is 2.21. The predicted octanol–water partition coefficient (Wildman–Crippen LogP) is 4.19. The lowest BCUT2D eigenvalue weighted by Gasteiger charge is -2.30. The predicted molar refractivity (Wildman–Crippen MR) is 123 cm³/mol. The minimum Gasteiger partial charge on any atom is -0.494 e. The van der Waals surface area contributed by atoms with Crippen molar-refractivity contribution in [2.24, 2.45) is 4.99 Å². The molecule has 0 saturated heterocycles. The first-order chi connectivity index (χ1) is 12.3. The Morgan fingerprint density at radius 3 is 2.30 bits per heavy atom. The first-order valence-electron chi connectivity index (χ1n) is 9.36. The number of rotatable bonds is 9. The molecule has 0 radical (unpaired) electrons. The molecule has 0 bridgehead atoms. The third kappa shape index (κ3) is 8.64. The fourth-order valence-electron chi connectivity index (χ4n) is 3.02. The molecule has 1 aromatic rings. The number of nitrogens with one attached hydrogen (secondary N) is 2. The average molecular weight is 494 g/mol. The Kier molecular flexibility index (Phi) is 12.6. The third-order valence-electron chi connectivity index (χ3n) is 4.46. The van der Waals surface area contributed by atoms with Gasteiger partial charge in [-0.25, -0.2) is 4.39 Å². The van der Waals surface area contributed by atoms with E-state index in [-0.39, 0.29) is 41.6 Å². The molecule has 0 aromatic heterocycles. The molecule has 1 rings (SSSR count). The number of ether oxygens (including phenoxy) is 1. The van der Waals surface area contributed by atoms with Gasteiger partial charge in [0.2, 0.25) is 0 Å². The lowest BCUT2D eigenvalue weighted by Crippen LogP contribution is -2.42. The number of nitrogens with zero attached hydrogens (tertiary/aromatic N) is 2. The van der Waals surface area contributed by atoms with Gasteiger partial charge in [-0.05, 0) is 58.7 Å². The summed E-state index contributed by atoms with van der Waals surface area (Å²) < 4.78 is 18.8. The van der Waals surface area contributed by atoms with Crippen LogP contribution >= 0.6 is 24.0 Å². The van der Waals surface area contributed by atoms with E-state index in [1.165, 1.54) is 13.2 Å². The summed E-state index contributed by atoms with van der Waals surface area (Å²) in [4.78, 5) is 6.73. The van der Waals surface area contributed by atoms with Gasteiger partial charge in [-0.1, -0.05) is 6.07 Å². The van der Waals surface area contributed by atoms with Crippen LogP contribution in [0.25, 0.3) is 0 Å². The molecule has 0 fully saturated rings. The summed E-state index contributed by atoms with van der Waals surface area (Å²) in [5.41, 5.74) is 0.844. The van der Waals surface area contributed by atoms with E-state index in [0.717, 1.165) is 31.0 Å². The highest BCUT2D eigenvalue weighted by molar-refractivity contribution is 14.0. The second kappa shape index (κ2) is 13.1. The van der Waals surface area contributed by atoms with Crippen LogP contribution in [-0.4, -0.2) is 50.2 Å². The SMILES string of the molecule is CN=C(NCCCN(C(C)C)C(C)C)NC(C)c1ccc(OC)c(F)c1.I. The summed E-state index contributed by atoms with van der Waals surface area (Å²) in [5.74, 6) is 0.613. The number of methoxy groups -OCH3 is 1. The van der Waals surface area contributed by atoms with Crippen molar-refractivity contribution < 1.29 is 9.13 Å². The number of aliphatic imine (C=N–C) groups is 1. The van der Waals surface area contributed by atoms with Crippen LogP contribution in [0.3, 0.4) is 0 Å². The van der Waals surface area contributed by atoms with E-state index in [1.807, 2.05) is 13.0 Å². The molecule has 0 heterocycles. The van der Waals surface area contributed by atoms with E-state index in [1.54, 1.807) is 13.1 Å². The normalized spacial score (nSPS) is 12.9. The van der Waals surface area contributed by atoms with E-state index in [2.05, 4.69) is 48.2 Å². The lowest BCUT2D eigenvalue weighted by molar-refractivity contribution is 0.173. The van der Waals surface area contributed by atoms with Gasteiger partial charge in [0, 0.05) is 32.2 Å². The number of hydrogen-bond acceptors (Lipinski definition) is 3. The molecule has 5 nitrogen and oxygen atoms in total. The van der Waals surface area contributed by atoms with Crippen LogP contribution < -0.4 is 15.4 Å². The Labute approximate surface area is 181 Å². The second-order valence-corrected chi connectivity index (χ2v) is 7.04. The largest absolute Gasteiger partial charge is 0.494 e. The molecule has 0 aliphatic carbocycles. The van der Waals surface area contributed by atoms with Crippen molar-refractivity contribution in [3.63, 3.8) is 0 Å². The second-order valence-electron chi connectivity index (χ2n) is 7.04. The molecular weight excluding hydrogens is 458 g/mol. The molecule has 7 heteroatoms. The number of guanidine groups is 1. The molecule has 0 aliphatic heterocycles. The zero-order chi connectivity index (χ0) is 19.7. The molecule has 156 valence electrons. The van der Waals surface area contributed by atoms with E-state index in [0.29, 0.717) is 12.1 Å². The first kappa shape index (κ1) is 25.9. The summed E-state index contributed by atoms with van der Waals surface area (Å²) in [6, 6.07) is 6.01. The van der Waals surface area contributed by atoms with Gasteiger partial charge < -0.3 is 15.4 Å². The van der Waals surface area contributed by atoms with Gasteiger partial charge in [0.15, 0.2) is 17.5 Å². The molecule has 1 aromatic carbocycles. The summed E-state index contributed by atoms with van der Waals surface area (Å²) in [5, 5.41) is 6.63. The fraction of sp³-hybridized carbons (Fsp3) is 0.650. The molecule has 0 spiro atoms. The Morgan fingerprint density at radius 2 is 1.81 bits per heavy atom. The summed E-state index contributed by atoms with van der Waals surface area (Å²) in [6.07, 6.45) is 1.03. The number of hydrogen-bond donors (Lipinski definition) is 2. The van der Waals surface area contributed by atoms with Crippen molar-refractivity contribution in [1.29, 1.82) is 0 Å². The van der Waals surface area contributed by atoms with Gasteiger partial charge in [-0.3, -0.25) is 9.89 Å². The smallest absolute Gasteiger partial charge is 0.191 e. The van der Waals surface area contributed by atoms with E-state index >= 15 is 0 Å². The van der Waals surface area contributed by atoms with Crippen molar-refractivity contribution in [2.45, 2.75) is 59.2 Å². The highest BCUT2D eigenvalue weighted by atomic mass is 127. The molecule has 27 heavy (non-hydrogen) atoms. The van der Waals surface area contributed by atoms with Crippen LogP contribution in [-0.2, 0) is 0 Å². The maximum absolute atomic E-state index is 13.9. The van der Waals surface area contributed by atoms with Crippen molar-refractivity contribution in [3.05, 3.63) is 29.6 Å². The summed E-state index contributed by atoms with van der Waals surface area (Å²) >= 11 is 0. The van der Waals surface area contributed by atoms with Crippen molar-refractivity contribution in [1.82, 2.24) is 15.5 Å². The maximum Gasteiger partial charge on any atom is 0.191 e. The Hall–Kier alpha value is -1.09. The zero-order valence-electron chi connectivity index (χ0n) is 17.7. The maximum atomic E-state index is 13.9. The van der Waals surface area contributed by atoms with E-state index in [4.69, 9.17) is 4.74 Å². The molecule has 0 saturated carbocycles. The monoisotopic (exact) mass is 494 g/mol. The first-order valence-corrected chi connectivity index (χ1v) is 9.36. The minimum absolute atomic E-state index is 0. The van der Waals surface area contributed by atoms with Gasteiger partial charge in [0.1, 0.15) is 0 Å². The van der Waals surface area contributed by atoms with Gasteiger partial charge in [-0.15, -0.1) is 24.0 Å². The minimum atomic E-state index is -0.357. The fourth-order valence-corrected chi connectivity index (χ4v) is 3.02. The van der Waals surface area contributed by atoms with E-state index < -0.39 is 0 Å². The van der Waals surface area contributed by atoms with Crippen LogP contribution in [0.5, 0.6) is 5.75 Å². The van der Waals surface area contributed by atoms with Crippen molar-refractivity contribution >= 4 is 29.9 Å². The number of halogens is 2. The highest BCUT2D eigenvalue weighted by Gasteiger charge is 2.13. The van der Waals surface area contributed by atoms with Crippen LogP contribution in [0.2, 0.25) is 0 Å². The van der Waals surface area contributed by atoms with Crippen LogP contribution in [0.15, 0.2) is 23.2 Å². The van der Waals surface area contributed by atoms with Crippen LogP contribution in [0.1, 0.15) is 52.6 Å². The molecule has 2 N–H and O–H groups in total. The van der Waals surface area contributed by atoms with Crippen molar-refractivity contribution in [3.8, 4) is 5.75 Å². The number of benzene rings is 1. The quantitative estimate of drug-likeness (QED) is 0.234. The molecular formula is C20H36FIN4O. The van der Waals surface area contributed by atoms with Crippen molar-refractivity contribution in [2.75, 3.05) is 27.2 Å². The Morgan fingerprint density at radius 1 is 1.19 bits per heavy atom.